The minimum absolute atomic E-state index is 0.183. The molecule has 4 aromatic carbocycles. The first kappa shape index (κ1) is 48.6. The zero-order chi connectivity index (χ0) is 48.9. The molecule has 2 aliphatic heterocycles. The summed E-state index contributed by atoms with van der Waals surface area (Å²) in [5.74, 6) is 3.12. The molecule has 1 unspecified atom stereocenters. The fourth-order valence-corrected chi connectivity index (χ4v) is 9.38. The molecule has 0 fully saturated rings. The Morgan fingerprint density at radius 2 is 0.732 bits per heavy atom. The minimum atomic E-state index is 0.183. The van der Waals surface area contributed by atoms with Crippen LogP contribution in [0.4, 0.5) is 0 Å². The molecule has 3 aromatic heterocycles. The van der Waals surface area contributed by atoms with E-state index in [1.54, 1.807) is 0 Å². The molecule has 1 atom stereocenters. The number of hydrogen-bond acceptors (Lipinski definition) is 9. The highest BCUT2D eigenvalue weighted by molar-refractivity contribution is 6.00. The Bertz CT molecular complexity index is 3070. The fraction of sp³-hybridized carbons (Fsp3) is 0.267. The van der Waals surface area contributed by atoms with Crippen LogP contribution in [0.2, 0.25) is 0 Å². The molecule has 7 aromatic rings. The van der Waals surface area contributed by atoms with Gasteiger partial charge in [-0.05, 0) is 139 Å². The van der Waals surface area contributed by atoms with Crippen molar-refractivity contribution in [2.45, 2.75) is 64.9 Å². The Kier molecular flexibility index (Phi) is 16.0. The van der Waals surface area contributed by atoms with Crippen LogP contribution in [0.15, 0.2) is 121 Å². The number of unbranched alkanes of at least 4 members (excludes halogenated alkanes) is 3. The van der Waals surface area contributed by atoms with E-state index in [1.165, 1.54) is 25.7 Å². The first-order valence-electron chi connectivity index (χ1n) is 25.2. The van der Waals surface area contributed by atoms with Gasteiger partial charge in [-0.25, -0.2) is 9.97 Å². The molecule has 11 heteroatoms. The van der Waals surface area contributed by atoms with E-state index >= 15 is 0 Å². The number of nitrogens with zero attached hydrogens (tertiary/aromatic N) is 2. The second-order valence-electron chi connectivity index (χ2n) is 17.9. The third-order valence-corrected chi connectivity index (χ3v) is 12.8. The van der Waals surface area contributed by atoms with Crippen molar-refractivity contribution in [1.29, 1.82) is 0 Å². The second kappa shape index (κ2) is 23.4. The van der Waals surface area contributed by atoms with Crippen molar-refractivity contribution in [2.75, 3.05) is 39.5 Å². The van der Waals surface area contributed by atoms with Crippen LogP contribution < -0.4 is 36.1 Å². The molecule has 0 aliphatic carbocycles. The summed E-state index contributed by atoms with van der Waals surface area (Å²) in [4.78, 5) is 18.7. The van der Waals surface area contributed by atoms with E-state index in [-0.39, 0.29) is 6.10 Å². The lowest BCUT2D eigenvalue weighted by Gasteiger charge is -2.19. The Hall–Kier alpha value is -7.44. The number of ether oxygens (including phenoxy) is 4. The molecule has 5 heterocycles. The average molecular weight is 948 g/mol. The quantitative estimate of drug-likeness (QED) is 0.0415. The summed E-state index contributed by atoms with van der Waals surface area (Å²) < 4.78 is 24.4. The number of fused-ring (bicyclic) bond motifs is 8. The SMILES string of the molecule is CCCCCCC(CCC)Oc1ccc(-c2c3nc(c(-c4ccc(OCCN)cc4)c4ccc([nH]4)c(-c4ccc(OCCN)cc4)c4nc(c(-c5ccc(OCCN)cc5)c5ccc2[nH]5)C=C4)C=C3)cc1. The third-order valence-electron chi connectivity index (χ3n) is 12.8. The number of H-pyrrole nitrogens is 2. The van der Waals surface area contributed by atoms with Crippen LogP contribution in [0.5, 0.6) is 23.0 Å². The van der Waals surface area contributed by atoms with Crippen molar-refractivity contribution >= 4 is 46.4 Å². The van der Waals surface area contributed by atoms with E-state index in [9.17, 15) is 0 Å². The highest BCUT2D eigenvalue weighted by Gasteiger charge is 2.20. The third kappa shape index (κ3) is 11.4. The molecule has 0 saturated carbocycles. The second-order valence-corrected chi connectivity index (χ2v) is 17.9. The lowest BCUT2D eigenvalue weighted by molar-refractivity contribution is 0.176. The zero-order valence-corrected chi connectivity index (χ0v) is 40.9. The Labute approximate surface area is 416 Å². The minimum Gasteiger partial charge on any atom is -0.492 e. The van der Waals surface area contributed by atoms with Gasteiger partial charge in [-0.2, -0.15) is 0 Å². The van der Waals surface area contributed by atoms with Gasteiger partial charge in [0.15, 0.2) is 0 Å². The first-order chi connectivity index (χ1) is 35.0. The number of aromatic amines is 2. The Morgan fingerprint density at radius 3 is 1.04 bits per heavy atom. The van der Waals surface area contributed by atoms with E-state index in [4.69, 9.17) is 46.1 Å². The molecule has 0 amide bonds. The topological polar surface area (TPSA) is 172 Å². The monoisotopic (exact) mass is 948 g/mol. The van der Waals surface area contributed by atoms with Gasteiger partial charge in [0, 0.05) is 64.0 Å². The van der Waals surface area contributed by atoms with Crippen LogP contribution in [0.3, 0.4) is 0 Å². The molecule has 8 bridgehead atoms. The van der Waals surface area contributed by atoms with Gasteiger partial charge in [0.2, 0.25) is 0 Å². The molecule has 2 aliphatic rings. The van der Waals surface area contributed by atoms with Crippen molar-refractivity contribution in [2.24, 2.45) is 17.2 Å². The number of rotatable bonds is 22. The smallest absolute Gasteiger partial charge is 0.119 e. The van der Waals surface area contributed by atoms with E-state index < -0.39 is 0 Å². The molecular formula is C60H65N7O4. The van der Waals surface area contributed by atoms with Crippen LogP contribution in [0, 0.1) is 0 Å². The lowest BCUT2D eigenvalue weighted by atomic mass is 10.0. The van der Waals surface area contributed by atoms with Crippen LogP contribution in [0.25, 0.3) is 90.9 Å². The summed E-state index contributed by atoms with van der Waals surface area (Å²) in [7, 11) is 0. The van der Waals surface area contributed by atoms with Crippen molar-refractivity contribution in [3.8, 4) is 67.5 Å². The first-order valence-corrected chi connectivity index (χ1v) is 25.2. The van der Waals surface area contributed by atoms with Gasteiger partial charge in [-0.1, -0.05) is 88.1 Å². The maximum Gasteiger partial charge on any atom is 0.119 e. The Balaban J connectivity index is 1.29. The number of benzene rings is 4. The van der Waals surface area contributed by atoms with Crippen molar-refractivity contribution < 1.29 is 18.9 Å². The molecule has 364 valence electrons. The molecule has 8 N–H and O–H groups in total. The Morgan fingerprint density at radius 1 is 0.394 bits per heavy atom. The van der Waals surface area contributed by atoms with Gasteiger partial charge in [0.05, 0.1) is 28.9 Å². The predicted octanol–water partition coefficient (Wildman–Crippen LogP) is 12.9. The predicted molar refractivity (Wildman–Crippen MR) is 292 cm³/mol. The van der Waals surface area contributed by atoms with Gasteiger partial charge >= 0.3 is 0 Å². The summed E-state index contributed by atoms with van der Waals surface area (Å²) in [5, 5.41) is 0. The van der Waals surface area contributed by atoms with E-state index in [1.807, 2.05) is 36.4 Å². The van der Waals surface area contributed by atoms with Gasteiger partial charge in [-0.3, -0.25) is 0 Å². The molecule has 71 heavy (non-hydrogen) atoms. The van der Waals surface area contributed by atoms with Crippen LogP contribution >= 0.6 is 0 Å². The summed E-state index contributed by atoms with van der Waals surface area (Å²) >= 11 is 0. The van der Waals surface area contributed by atoms with Crippen LogP contribution in [-0.4, -0.2) is 65.5 Å². The van der Waals surface area contributed by atoms with E-state index in [2.05, 4.69) is 133 Å². The summed E-state index contributed by atoms with van der Waals surface area (Å²) in [6, 6.07) is 41.4. The summed E-state index contributed by atoms with van der Waals surface area (Å²) in [5.41, 5.74) is 31.9. The average Bonchev–Trinajstić information content (AvgIpc) is 4.26. The van der Waals surface area contributed by atoms with Gasteiger partial charge < -0.3 is 46.1 Å². The fourth-order valence-electron chi connectivity index (χ4n) is 9.38. The molecule has 9 rings (SSSR count). The number of aromatic nitrogens is 4. The standard InChI is InChI=1S/C60H65N7O4/c1-3-5-6-7-9-47(8-4-2)71-48-24-16-43(17-25-48)60-55-32-30-53(66-55)58(41-12-20-45(21-13-41)69-38-35-62)51-28-26-49(64-51)57(40-10-18-44(19-11-40)68-37-34-61)50-27-29-52(65-50)59(54-31-33-56(60)67-54)42-14-22-46(23-15-42)70-39-36-63/h10-33,47,64,67H,3-9,34-39,61-63H2,1-2H3. The largest absolute Gasteiger partial charge is 0.492 e. The highest BCUT2D eigenvalue weighted by Crippen LogP contribution is 2.40. The maximum absolute atomic E-state index is 6.67. The van der Waals surface area contributed by atoms with Gasteiger partial charge in [0.1, 0.15) is 42.8 Å². The van der Waals surface area contributed by atoms with E-state index in [0.717, 1.165) is 132 Å². The molecule has 0 spiro atoms. The van der Waals surface area contributed by atoms with Gasteiger partial charge in [0.25, 0.3) is 0 Å². The van der Waals surface area contributed by atoms with Crippen molar-refractivity contribution in [3.05, 3.63) is 144 Å². The zero-order valence-electron chi connectivity index (χ0n) is 40.9. The molecule has 0 radical (unpaired) electrons. The van der Waals surface area contributed by atoms with E-state index in [0.29, 0.717) is 39.5 Å². The molecule has 11 nitrogen and oxygen atoms in total. The normalized spacial score (nSPS) is 12.3. The number of nitrogens with two attached hydrogens (primary N) is 3. The van der Waals surface area contributed by atoms with Crippen molar-refractivity contribution in [3.63, 3.8) is 0 Å². The van der Waals surface area contributed by atoms with Crippen molar-refractivity contribution in [1.82, 2.24) is 19.9 Å². The van der Waals surface area contributed by atoms with Crippen LogP contribution in [-0.2, 0) is 0 Å². The maximum atomic E-state index is 6.67. The summed E-state index contributed by atoms with van der Waals surface area (Å²) in [6.07, 6.45) is 16.7. The number of nitrogens with one attached hydrogen (secondary N) is 2. The lowest BCUT2D eigenvalue weighted by Crippen LogP contribution is -2.16. The highest BCUT2D eigenvalue weighted by atomic mass is 16.5. The number of hydrogen-bond donors (Lipinski definition) is 5. The van der Waals surface area contributed by atoms with Crippen LogP contribution in [0.1, 0.15) is 81.6 Å². The summed E-state index contributed by atoms with van der Waals surface area (Å²) in [6.45, 7) is 7.06. The molecule has 0 saturated heterocycles. The van der Waals surface area contributed by atoms with Gasteiger partial charge in [-0.15, -0.1) is 0 Å². The molecular weight excluding hydrogens is 883 g/mol.